The van der Waals surface area contributed by atoms with E-state index in [-0.39, 0.29) is 39.7 Å². The summed E-state index contributed by atoms with van der Waals surface area (Å²) in [5.41, 5.74) is 0. The van der Waals surface area contributed by atoms with Crippen LogP contribution in [-0.2, 0) is 13.3 Å². The van der Waals surface area contributed by atoms with Gasteiger partial charge in [-0.2, -0.15) is 22.5 Å². The number of nitrogens with one attached hydrogen (secondary N) is 1. The standard InChI is InChI=1S/C16H12F3N5O4S2/c17-16(18,19)7-22(8-23-14(29)27-12(20-23)10-3-1-5-25-10)9-24-15(30)28-13(21-24)11-4-2-6-26-11/h1-6H,7-9H2/p+1. The number of rotatable bonds is 7. The summed E-state index contributed by atoms with van der Waals surface area (Å²) >= 11 is 10.2. The maximum Gasteiger partial charge on any atom is 0.438 e. The van der Waals surface area contributed by atoms with Crippen LogP contribution < -0.4 is 4.90 Å². The molecule has 0 fully saturated rings. The Morgan fingerprint density at radius 2 is 1.33 bits per heavy atom. The van der Waals surface area contributed by atoms with Crippen LogP contribution >= 0.6 is 24.4 Å². The largest absolute Gasteiger partial charge is 0.459 e. The zero-order chi connectivity index (χ0) is 21.3. The maximum atomic E-state index is 13.2. The summed E-state index contributed by atoms with van der Waals surface area (Å²) in [6.45, 7) is -1.71. The van der Waals surface area contributed by atoms with Crippen LogP contribution in [0, 0.1) is 9.67 Å². The van der Waals surface area contributed by atoms with Gasteiger partial charge in [0, 0.05) is 0 Å². The number of halogens is 3. The van der Waals surface area contributed by atoms with Crippen molar-refractivity contribution in [2.45, 2.75) is 19.5 Å². The Hall–Kier alpha value is -2.97. The molecule has 0 saturated carbocycles. The van der Waals surface area contributed by atoms with Crippen LogP contribution in [0.5, 0.6) is 0 Å². The van der Waals surface area contributed by atoms with E-state index >= 15 is 0 Å². The molecule has 0 bridgehead atoms. The van der Waals surface area contributed by atoms with Crippen molar-refractivity contribution in [1.82, 2.24) is 19.6 Å². The fraction of sp³-hybridized carbons (Fsp3) is 0.250. The van der Waals surface area contributed by atoms with E-state index < -0.39 is 12.7 Å². The number of hydrogen-bond donors (Lipinski definition) is 1. The molecule has 0 radical (unpaired) electrons. The van der Waals surface area contributed by atoms with Crippen molar-refractivity contribution >= 4 is 24.4 Å². The summed E-state index contributed by atoms with van der Waals surface area (Å²) in [6, 6.07) is 6.43. The van der Waals surface area contributed by atoms with E-state index in [0.29, 0.717) is 11.5 Å². The van der Waals surface area contributed by atoms with Gasteiger partial charge in [0.2, 0.25) is 0 Å². The van der Waals surface area contributed by atoms with E-state index in [1.165, 1.54) is 12.5 Å². The third-order valence-corrected chi connectivity index (χ3v) is 4.46. The lowest BCUT2D eigenvalue weighted by Gasteiger charge is -2.19. The van der Waals surface area contributed by atoms with Gasteiger partial charge in [0.1, 0.15) is 0 Å². The van der Waals surface area contributed by atoms with Gasteiger partial charge in [0.15, 0.2) is 31.4 Å². The van der Waals surface area contributed by atoms with Gasteiger partial charge in [0.05, 0.1) is 12.5 Å². The second-order valence-corrected chi connectivity index (χ2v) is 6.86. The van der Waals surface area contributed by atoms with Crippen molar-refractivity contribution in [2.24, 2.45) is 0 Å². The molecule has 30 heavy (non-hydrogen) atoms. The fourth-order valence-electron chi connectivity index (χ4n) is 2.68. The highest BCUT2D eigenvalue weighted by Gasteiger charge is 2.35. The van der Waals surface area contributed by atoms with Crippen LogP contribution in [0.25, 0.3) is 23.3 Å². The SMILES string of the molecule is FC(F)(F)C[NH+](Cn1nc(-c2ccco2)oc1=S)Cn1nc(-c2ccco2)oc1=S. The zero-order valence-corrected chi connectivity index (χ0v) is 16.6. The topological polar surface area (TPSA) is 92.6 Å². The fourth-order valence-corrected chi connectivity index (χ4v) is 3.05. The molecular weight excluding hydrogens is 447 g/mol. The highest BCUT2D eigenvalue weighted by molar-refractivity contribution is 7.71. The maximum absolute atomic E-state index is 13.2. The molecule has 1 N–H and O–H groups in total. The number of alkyl halides is 3. The molecule has 0 atom stereocenters. The lowest BCUT2D eigenvalue weighted by atomic mass is 10.5. The van der Waals surface area contributed by atoms with Crippen LogP contribution in [-0.4, -0.2) is 32.3 Å². The Balaban J connectivity index is 1.59. The number of furan rings is 2. The molecule has 0 aliphatic rings. The smallest absolute Gasteiger partial charge is 0.438 e. The van der Waals surface area contributed by atoms with E-state index in [9.17, 15) is 13.2 Å². The van der Waals surface area contributed by atoms with Crippen LogP contribution in [0.15, 0.2) is 54.5 Å². The van der Waals surface area contributed by atoms with Gasteiger partial charge in [-0.3, -0.25) is 4.90 Å². The molecule has 0 unspecified atom stereocenters. The first-order valence-electron chi connectivity index (χ1n) is 8.42. The Morgan fingerprint density at radius 3 is 1.70 bits per heavy atom. The summed E-state index contributed by atoms with van der Waals surface area (Å²) in [7, 11) is 0. The van der Waals surface area contributed by atoms with Crippen LogP contribution in [0.2, 0.25) is 0 Å². The first kappa shape index (κ1) is 20.3. The van der Waals surface area contributed by atoms with Gasteiger partial charge < -0.3 is 17.7 Å². The molecule has 0 amide bonds. The predicted octanol–water partition coefficient (Wildman–Crippen LogP) is 3.31. The van der Waals surface area contributed by atoms with Gasteiger partial charge in [-0.15, -0.1) is 10.2 Å². The minimum Gasteiger partial charge on any atom is -0.459 e. The minimum absolute atomic E-state index is 0.00621. The molecule has 0 aliphatic carbocycles. The zero-order valence-electron chi connectivity index (χ0n) is 15.0. The van der Waals surface area contributed by atoms with Gasteiger partial charge in [0.25, 0.3) is 21.5 Å². The number of nitrogens with zero attached hydrogens (tertiary/aromatic N) is 4. The molecule has 4 aromatic rings. The van der Waals surface area contributed by atoms with E-state index in [0.717, 1.165) is 9.36 Å². The van der Waals surface area contributed by atoms with Gasteiger partial charge in [-0.05, 0) is 48.7 Å². The molecule has 4 rings (SSSR count). The van der Waals surface area contributed by atoms with Crippen LogP contribution in [0.4, 0.5) is 13.2 Å². The molecule has 0 aromatic carbocycles. The van der Waals surface area contributed by atoms with E-state index in [1.807, 2.05) is 0 Å². The Labute approximate surface area is 175 Å². The van der Waals surface area contributed by atoms with E-state index in [4.69, 9.17) is 42.1 Å². The first-order valence-corrected chi connectivity index (χ1v) is 9.24. The Morgan fingerprint density at radius 1 is 0.867 bits per heavy atom. The Kier molecular flexibility index (Phi) is 5.44. The van der Waals surface area contributed by atoms with Crippen molar-refractivity contribution in [3.8, 4) is 23.3 Å². The second-order valence-electron chi connectivity index (χ2n) is 6.16. The molecule has 14 heteroatoms. The van der Waals surface area contributed by atoms with Gasteiger partial charge >= 0.3 is 6.18 Å². The van der Waals surface area contributed by atoms with Crippen molar-refractivity contribution < 1.29 is 35.7 Å². The second kappa shape index (κ2) is 8.04. The van der Waals surface area contributed by atoms with Gasteiger partial charge in [-0.25, -0.2) is 0 Å². The lowest BCUT2D eigenvalue weighted by molar-refractivity contribution is -0.955. The lowest BCUT2D eigenvalue weighted by Crippen LogP contribution is -3.12. The summed E-state index contributed by atoms with van der Waals surface area (Å²) in [4.78, 5) is -0.199. The normalized spacial score (nSPS) is 12.1. The van der Waals surface area contributed by atoms with Crippen LogP contribution in [0.1, 0.15) is 0 Å². The van der Waals surface area contributed by atoms with Crippen LogP contribution in [0.3, 0.4) is 0 Å². The molecule has 9 nitrogen and oxygen atoms in total. The first-order chi connectivity index (χ1) is 14.3. The summed E-state index contributed by atoms with van der Waals surface area (Å²) < 4.78 is 62.8. The van der Waals surface area contributed by atoms with Crippen molar-refractivity contribution in [2.75, 3.05) is 6.54 Å². The quantitative estimate of drug-likeness (QED) is 0.420. The van der Waals surface area contributed by atoms with Crippen molar-refractivity contribution in [1.29, 1.82) is 0 Å². The highest BCUT2D eigenvalue weighted by atomic mass is 32.1. The van der Waals surface area contributed by atoms with E-state index in [2.05, 4.69) is 10.2 Å². The monoisotopic (exact) mass is 460 g/mol. The molecule has 4 aromatic heterocycles. The molecule has 0 saturated heterocycles. The molecule has 158 valence electrons. The number of aromatic nitrogens is 4. The third kappa shape index (κ3) is 4.60. The molecule has 4 heterocycles. The average molecular weight is 460 g/mol. The molecule has 0 aliphatic heterocycles. The van der Waals surface area contributed by atoms with Crippen molar-refractivity contribution in [3.63, 3.8) is 0 Å². The predicted molar refractivity (Wildman–Crippen MR) is 97.9 cm³/mol. The minimum atomic E-state index is -4.46. The highest BCUT2D eigenvalue weighted by Crippen LogP contribution is 2.19. The third-order valence-electron chi connectivity index (χ3n) is 3.87. The summed E-state index contributed by atoms with van der Waals surface area (Å²) in [6.07, 6.45) is -1.63. The number of quaternary nitrogens is 1. The van der Waals surface area contributed by atoms with Crippen molar-refractivity contribution in [3.05, 3.63) is 46.5 Å². The van der Waals surface area contributed by atoms with E-state index in [1.54, 1.807) is 24.3 Å². The number of hydrogen-bond acceptors (Lipinski definition) is 8. The Bertz CT molecular complexity index is 1130. The van der Waals surface area contributed by atoms with Gasteiger partial charge in [-0.1, -0.05) is 0 Å². The summed E-state index contributed by atoms with van der Waals surface area (Å²) in [5, 5.41) is 8.20. The molecule has 0 spiro atoms. The average Bonchev–Trinajstić information content (AvgIpc) is 3.43. The summed E-state index contributed by atoms with van der Waals surface area (Å²) in [5.74, 6) is 0.738. The molecular formula is C16H13F3N5O4S2+.